The standard InChI is InChI=1S/C17H35N5O.HI/c1-3-18-17(20-14-16-6-4-8-21(2)15-16)19-7-5-9-22-10-12-23-13-11-22;/h16H,3-15H2,1-2H3,(H2,18,19,20);1H. The molecule has 7 heteroatoms. The van der Waals surface area contributed by atoms with E-state index >= 15 is 0 Å². The van der Waals surface area contributed by atoms with Gasteiger partial charge in [0, 0.05) is 39.3 Å². The number of morpholine rings is 1. The molecule has 24 heavy (non-hydrogen) atoms. The van der Waals surface area contributed by atoms with Gasteiger partial charge in [-0.25, -0.2) is 0 Å². The van der Waals surface area contributed by atoms with Crippen LogP contribution in [0.15, 0.2) is 4.99 Å². The van der Waals surface area contributed by atoms with E-state index in [-0.39, 0.29) is 24.0 Å². The van der Waals surface area contributed by atoms with Gasteiger partial charge in [0.15, 0.2) is 5.96 Å². The molecule has 142 valence electrons. The molecule has 0 aliphatic carbocycles. The highest BCUT2D eigenvalue weighted by molar-refractivity contribution is 14.0. The van der Waals surface area contributed by atoms with E-state index in [9.17, 15) is 0 Å². The highest BCUT2D eigenvalue weighted by atomic mass is 127. The fraction of sp³-hybridized carbons (Fsp3) is 0.941. The summed E-state index contributed by atoms with van der Waals surface area (Å²) in [5.74, 6) is 1.68. The van der Waals surface area contributed by atoms with Crippen LogP contribution in [-0.2, 0) is 4.74 Å². The number of hydrogen-bond donors (Lipinski definition) is 2. The van der Waals surface area contributed by atoms with Crippen molar-refractivity contribution in [3.63, 3.8) is 0 Å². The van der Waals surface area contributed by atoms with Crippen LogP contribution in [0.1, 0.15) is 26.2 Å². The fourth-order valence-corrected chi connectivity index (χ4v) is 3.32. The van der Waals surface area contributed by atoms with E-state index in [4.69, 9.17) is 9.73 Å². The van der Waals surface area contributed by atoms with Crippen molar-refractivity contribution in [3.8, 4) is 0 Å². The van der Waals surface area contributed by atoms with Gasteiger partial charge in [0.1, 0.15) is 0 Å². The summed E-state index contributed by atoms with van der Waals surface area (Å²) in [6.07, 6.45) is 3.76. The van der Waals surface area contributed by atoms with Gasteiger partial charge in [-0.15, -0.1) is 24.0 Å². The van der Waals surface area contributed by atoms with Crippen LogP contribution in [0.4, 0.5) is 0 Å². The quantitative estimate of drug-likeness (QED) is 0.263. The molecule has 0 aromatic carbocycles. The molecule has 2 heterocycles. The summed E-state index contributed by atoms with van der Waals surface area (Å²) >= 11 is 0. The number of likely N-dealkylation sites (tertiary alicyclic amines) is 1. The maximum atomic E-state index is 5.38. The van der Waals surface area contributed by atoms with E-state index in [1.807, 2.05) is 0 Å². The van der Waals surface area contributed by atoms with E-state index in [2.05, 4.69) is 34.4 Å². The molecule has 2 aliphatic heterocycles. The van der Waals surface area contributed by atoms with Crippen molar-refractivity contribution in [2.24, 2.45) is 10.9 Å². The van der Waals surface area contributed by atoms with Crippen LogP contribution in [-0.4, -0.2) is 88.4 Å². The second-order valence-electron chi connectivity index (χ2n) is 6.72. The molecule has 0 radical (unpaired) electrons. The zero-order valence-electron chi connectivity index (χ0n) is 15.4. The number of ether oxygens (including phenoxy) is 1. The summed E-state index contributed by atoms with van der Waals surface area (Å²) < 4.78 is 5.38. The number of piperidine rings is 1. The molecule has 0 bridgehead atoms. The Kier molecular flexibility index (Phi) is 12.0. The smallest absolute Gasteiger partial charge is 0.191 e. The Hall–Kier alpha value is -0.120. The highest BCUT2D eigenvalue weighted by Crippen LogP contribution is 2.14. The van der Waals surface area contributed by atoms with Gasteiger partial charge in [0.05, 0.1) is 13.2 Å². The normalized spacial score (nSPS) is 23.6. The fourth-order valence-electron chi connectivity index (χ4n) is 3.32. The summed E-state index contributed by atoms with van der Waals surface area (Å²) in [6, 6.07) is 0. The minimum atomic E-state index is 0. The van der Waals surface area contributed by atoms with Crippen LogP contribution in [0, 0.1) is 5.92 Å². The monoisotopic (exact) mass is 453 g/mol. The predicted molar refractivity (Wildman–Crippen MR) is 111 cm³/mol. The van der Waals surface area contributed by atoms with Crippen LogP contribution < -0.4 is 10.6 Å². The van der Waals surface area contributed by atoms with Crippen molar-refractivity contribution >= 4 is 29.9 Å². The molecule has 2 rings (SSSR count). The van der Waals surface area contributed by atoms with Crippen molar-refractivity contribution in [3.05, 3.63) is 0 Å². The first-order valence-electron chi connectivity index (χ1n) is 9.28. The maximum Gasteiger partial charge on any atom is 0.191 e. The second-order valence-corrected chi connectivity index (χ2v) is 6.72. The molecule has 2 aliphatic rings. The van der Waals surface area contributed by atoms with Crippen LogP contribution >= 0.6 is 24.0 Å². The van der Waals surface area contributed by atoms with Crippen molar-refractivity contribution < 1.29 is 4.74 Å². The zero-order chi connectivity index (χ0) is 16.3. The molecule has 0 saturated carbocycles. The largest absolute Gasteiger partial charge is 0.379 e. The van der Waals surface area contributed by atoms with Gasteiger partial charge < -0.3 is 20.3 Å². The number of hydrogen-bond acceptors (Lipinski definition) is 4. The van der Waals surface area contributed by atoms with Crippen molar-refractivity contribution in [2.45, 2.75) is 26.2 Å². The Bertz CT molecular complexity index is 350. The van der Waals surface area contributed by atoms with Gasteiger partial charge in [-0.1, -0.05) is 0 Å². The Morgan fingerprint density at radius 1 is 1.21 bits per heavy atom. The van der Waals surface area contributed by atoms with Gasteiger partial charge in [-0.3, -0.25) is 9.89 Å². The lowest BCUT2D eigenvalue weighted by molar-refractivity contribution is 0.0376. The van der Waals surface area contributed by atoms with E-state index in [0.717, 1.165) is 64.9 Å². The zero-order valence-corrected chi connectivity index (χ0v) is 17.8. The summed E-state index contributed by atoms with van der Waals surface area (Å²) in [5.41, 5.74) is 0. The third-order valence-electron chi connectivity index (χ3n) is 4.62. The van der Waals surface area contributed by atoms with Crippen molar-refractivity contribution in [1.82, 2.24) is 20.4 Å². The van der Waals surface area contributed by atoms with E-state index in [0.29, 0.717) is 5.92 Å². The molecule has 0 aromatic rings. The molecule has 0 aromatic heterocycles. The Labute approximate surface area is 164 Å². The van der Waals surface area contributed by atoms with Crippen molar-refractivity contribution in [1.29, 1.82) is 0 Å². The van der Waals surface area contributed by atoms with Gasteiger partial charge >= 0.3 is 0 Å². The number of guanidine groups is 1. The molecule has 2 N–H and O–H groups in total. The van der Waals surface area contributed by atoms with Crippen LogP contribution in [0.3, 0.4) is 0 Å². The molecule has 0 amide bonds. The number of nitrogens with zero attached hydrogens (tertiary/aromatic N) is 3. The predicted octanol–water partition coefficient (Wildman–Crippen LogP) is 1.22. The summed E-state index contributed by atoms with van der Waals surface area (Å²) in [7, 11) is 2.21. The van der Waals surface area contributed by atoms with Crippen LogP contribution in [0.5, 0.6) is 0 Å². The summed E-state index contributed by atoms with van der Waals surface area (Å²) in [6.45, 7) is 12.4. The van der Waals surface area contributed by atoms with Crippen LogP contribution in [0.2, 0.25) is 0 Å². The molecule has 2 fully saturated rings. The summed E-state index contributed by atoms with van der Waals surface area (Å²) in [5, 5.41) is 6.84. The van der Waals surface area contributed by atoms with E-state index in [1.54, 1.807) is 0 Å². The first-order valence-corrected chi connectivity index (χ1v) is 9.28. The Morgan fingerprint density at radius 3 is 2.71 bits per heavy atom. The van der Waals surface area contributed by atoms with Gasteiger partial charge in [0.2, 0.25) is 0 Å². The summed E-state index contributed by atoms with van der Waals surface area (Å²) in [4.78, 5) is 9.69. The molecular weight excluding hydrogens is 417 g/mol. The molecule has 1 unspecified atom stereocenters. The Morgan fingerprint density at radius 2 is 2.00 bits per heavy atom. The van der Waals surface area contributed by atoms with Gasteiger partial charge in [-0.2, -0.15) is 0 Å². The first kappa shape index (κ1) is 21.9. The average Bonchev–Trinajstić information content (AvgIpc) is 2.57. The third kappa shape index (κ3) is 8.82. The molecular formula is C17H36IN5O. The SMILES string of the molecule is CCNC(=NCC1CCCN(C)C1)NCCCN1CCOCC1.I. The maximum absolute atomic E-state index is 5.38. The van der Waals surface area contributed by atoms with Gasteiger partial charge in [0.25, 0.3) is 0 Å². The molecule has 1 atom stereocenters. The number of halogens is 1. The lowest BCUT2D eigenvalue weighted by atomic mass is 9.99. The van der Waals surface area contributed by atoms with E-state index < -0.39 is 0 Å². The number of nitrogens with one attached hydrogen (secondary N) is 2. The topological polar surface area (TPSA) is 52.1 Å². The van der Waals surface area contributed by atoms with Gasteiger partial charge in [-0.05, 0) is 52.2 Å². The number of rotatable bonds is 7. The average molecular weight is 453 g/mol. The Balaban J connectivity index is 0.00000288. The van der Waals surface area contributed by atoms with E-state index in [1.165, 1.54) is 25.9 Å². The molecule has 6 nitrogen and oxygen atoms in total. The van der Waals surface area contributed by atoms with Crippen molar-refractivity contribution in [2.75, 3.05) is 72.6 Å². The minimum absolute atomic E-state index is 0. The molecule has 2 saturated heterocycles. The third-order valence-corrected chi connectivity index (χ3v) is 4.62. The second kappa shape index (κ2) is 13.1. The highest BCUT2D eigenvalue weighted by Gasteiger charge is 2.16. The van der Waals surface area contributed by atoms with Crippen LogP contribution in [0.25, 0.3) is 0 Å². The number of aliphatic imine (C=N–C) groups is 1. The lowest BCUT2D eigenvalue weighted by Gasteiger charge is -2.28. The lowest BCUT2D eigenvalue weighted by Crippen LogP contribution is -2.41. The minimum Gasteiger partial charge on any atom is -0.379 e. The first-order chi connectivity index (χ1) is 11.3. The molecule has 0 spiro atoms.